The molecule has 0 amide bonds. The van der Waals surface area contributed by atoms with Crippen LogP contribution in [0.5, 0.6) is 11.6 Å². The highest BCUT2D eigenvalue weighted by molar-refractivity contribution is 7.15. The highest BCUT2D eigenvalue weighted by Crippen LogP contribution is 2.31. The van der Waals surface area contributed by atoms with Crippen LogP contribution in [-0.4, -0.2) is 9.38 Å². The topological polar surface area (TPSA) is 52.5 Å². The smallest absolute Gasteiger partial charge is 0.243 e. The van der Waals surface area contributed by atoms with Crippen LogP contribution in [0.15, 0.2) is 29.8 Å². The Hall–Kier alpha value is -1.27. The van der Waals surface area contributed by atoms with Gasteiger partial charge >= 0.3 is 0 Å². The standard InChI is InChI=1S/C12H9Cl2N3OS/c13-7-3-8(14)5-9(4-7)18-11-10(6-15)17-1-2-19-12(17)16-11/h1-5H,6,15H2. The van der Waals surface area contributed by atoms with Gasteiger partial charge in [-0.25, -0.2) is 0 Å². The number of benzene rings is 1. The number of hydrogen-bond acceptors (Lipinski definition) is 4. The molecule has 3 aromatic rings. The summed E-state index contributed by atoms with van der Waals surface area (Å²) in [5, 5.41) is 2.97. The zero-order chi connectivity index (χ0) is 13.4. The van der Waals surface area contributed by atoms with Gasteiger partial charge in [0.15, 0.2) is 4.96 Å². The summed E-state index contributed by atoms with van der Waals surface area (Å²) in [6.07, 6.45) is 1.91. The Morgan fingerprint density at radius 1 is 1.26 bits per heavy atom. The molecule has 0 aliphatic carbocycles. The number of fused-ring (bicyclic) bond motifs is 1. The molecule has 3 rings (SSSR count). The molecule has 4 nitrogen and oxygen atoms in total. The summed E-state index contributed by atoms with van der Waals surface area (Å²) in [6.45, 7) is 0.335. The van der Waals surface area contributed by atoms with Crippen molar-refractivity contribution in [2.24, 2.45) is 5.73 Å². The van der Waals surface area contributed by atoms with E-state index < -0.39 is 0 Å². The quantitative estimate of drug-likeness (QED) is 0.796. The van der Waals surface area contributed by atoms with Crippen LogP contribution in [0.3, 0.4) is 0 Å². The average Bonchev–Trinajstić information content (AvgIpc) is 2.87. The number of nitrogens with two attached hydrogens (primary N) is 1. The van der Waals surface area contributed by atoms with Crippen molar-refractivity contribution in [2.45, 2.75) is 6.54 Å². The van der Waals surface area contributed by atoms with Gasteiger partial charge in [0.2, 0.25) is 5.88 Å². The predicted octanol–water partition coefficient (Wildman–Crippen LogP) is 3.95. The van der Waals surface area contributed by atoms with Crippen molar-refractivity contribution >= 4 is 39.5 Å². The van der Waals surface area contributed by atoms with Gasteiger partial charge in [0.05, 0.1) is 0 Å². The highest BCUT2D eigenvalue weighted by Gasteiger charge is 2.14. The third-order valence-corrected chi connectivity index (χ3v) is 3.76. The van der Waals surface area contributed by atoms with Crippen molar-refractivity contribution in [3.63, 3.8) is 0 Å². The maximum atomic E-state index is 5.93. The highest BCUT2D eigenvalue weighted by atomic mass is 35.5. The Morgan fingerprint density at radius 3 is 2.68 bits per heavy atom. The summed E-state index contributed by atoms with van der Waals surface area (Å²) in [5.41, 5.74) is 6.56. The first kappa shape index (κ1) is 12.7. The summed E-state index contributed by atoms with van der Waals surface area (Å²) < 4.78 is 7.64. The minimum absolute atomic E-state index is 0.335. The van der Waals surface area contributed by atoms with Crippen LogP contribution in [0.25, 0.3) is 4.96 Å². The summed E-state index contributed by atoms with van der Waals surface area (Å²) in [7, 11) is 0. The van der Waals surface area contributed by atoms with Crippen LogP contribution in [0.2, 0.25) is 10.0 Å². The van der Waals surface area contributed by atoms with Gasteiger partial charge in [-0.15, -0.1) is 11.3 Å². The zero-order valence-electron chi connectivity index (χ0n) is 9.64. The first-order valence-electron chi connectivity index (χ1n) is 5.46. The lowest BCUT2D eigenvalue weighted by Crippen LogP contribution is -2.01. The summed E-state index contributed by atoms with van der Waals surface area (Å²) in [6, 6.07) is 5.01. The molecule has 0 saturated carbocycles. The molecule has 2 heterocycles. The molecule has 0 radical (unpaired) electrons. The molecule has 0 atom stereocenters. The minimum Gasteiger partial charge on any atom is -0.437 e. The molecule has 2 aromatic heterocycles. The second kappa shape index (κ2) is 5.02. The molecule has 0 aliphatic heterocycles. The monoisotopic (exact) mass is 313 g/mol. The molecule has 1 aromatic carbocycles. The van der Waals surface area contributed by atoms with Crippen molar-refractivity contribution in [3.05, 3.63) is 45.5 Å². The lowest BCUT2D eigenvalue weighted by molar-refractivity contribution is 0.459. The van der Waals surface area contributed by atoms with E-state index >= 15 is 0 Å². The van der Waals surface area contributed by atoms with E-state index in [0.29, 0.717) is 28.2 Å². The largest absolute Gasteiger partial charge is 0.437 e. The van der Waals surface area contributed by atoms with Crippen molar-refractivity contribution in [3.8, 4) is 11.6 Å². The zero-order valence-corrected chi connectivity index (χ0v) is 12.0. The van der Waals surface area contributed by atoms with E-state index in [4.69, 9.17) is 33.7 Å². The summed E-state index contributed by atoms with van der Waals surface area (Å²) in [4.78, 5) is 5.23. The molecule has 7 heteroatoms. The molecule has 0 spiro atoms. The molecule has 0 aliphatic rings. The number of rotatable bonds is 3. The number of thiazole rings is 1. The molecule has 2 N–H and O–H groups in total. The molecular weight excluding hydrogens is 305 g/mol. The van der Waals surface area contributed by atoms with Crippen LogP contribution in [0.1, 0.15) is 5.69 Å². The van der Waals surface area contributed by atoms with E-state index in [9.17, 15) is 0 Å². The van der Waals surface area contributed by atoms with Gasteiger partial charge in [-0.2, -0.15) is 4.98 Å². The Balaban J connectivity index is 2.02. The van der Waals surface area contributed by atoms with Crippen molar-refractivity contribution in [1.82, 2.24) is 9.38 Å². The third kappa shape index (κ3) is 2.42. The molecule has 0 saturated heterocycles. The average molecular weight is 314 g/mol. The molecular formula is C12H9Cl2N3OS. The van der Waals surface area contributed by atoms with Gasteiger partial charge < -0.3 is 10.5 Å². The van der Waals surface area contributed by atoms with E-state index in [2.05, 4.69) is 4.98 Å². The summed E-state index contributed by atoms with van der Waals surface area (Å²) in [5.74, 6) is 1.02. The SMILES string of the molecule is NCc1c(Oc2cc(Cl)cc(Cl)c2)nc2sccn12. The number of halogens is 2. The van der Waals surface area contributed by atoms with Gasteiger partial charge in [-0.05, 0) is 18.2 Å². The lowest BCUT2D eigenvalue weighted by atomic mass is 10.3. The summed E-state index contributed by atoms with van der Waals surface area (Å²) >= 11 is 13.4. The van der Waals surface area contributed by atoms with E-state index in [1.54, 1.807) is 18.2 Å². The predicted molar refractivity (Wildman–Crippen MR) is 77.5 cm³/mol. The molecule has 0 unspecified atom stereocenters. The van der Waals surface area contributed by atoms with Crippen LogP contribution in [0, 0.1) is 0 Å². The number of hydrogen-bond donors (Lipinski definition) is 1. The van der Waals surface area contributed by atoms with Crippen LogP contribution in [-0.2, 0) is 6.54 Å². The van der Waals surface area contributed by atoms with Crippen molar-refractivity contribution in [1.29, 1.82) is 0 Å². The van der Waals surface area contributed by atoms with Gasteiger partial charge in [0.1, 0.15) is 11.4 Å². The Bertz CT molecular complexity index is 717. The number of aromatic nitrogens is 2. The van der Waals surface area contributed by atoms with Crippen LogP contribution >= 0.6 is 34.5 Å². The normalized spacial score (nSPS) is 11.1. The van der Waals surface area contributed by atoms with Gasteiger partial charge in [-0.1, -0.05) is 23.2 Å². The number of imidazole rings is 1. The fourth-order valence-electron chi connectivity index (χ4n) is 1.78. The van der Waals surface area contributed by atoms with Gasteiger partial charge in [-0.3, -0.25) is 4.40 Å². The van der Waals surface area contributed by atoms with Crippen molar-refractivity contribution in [2.75, 3.05) is 0 Å². The molecule has 19 heavy (non-hydrogen) atoms. The Labute approximate surface area is 123 Å². The fourth-order valence-corrected chi connectivity index (χ4v) is 3.01. The number of nitrogens with zero attached hydrogens (tertiary/aromatic N) is 2. The molecule has 98 valence electrons. The molecule has 0 fully saturated rings. The lowest BCUT2D eigenvalue weighted by Gasteiger charge is -2.05. The maximum absolute atomic E-state index is 5.93. The maximum Gasteiger partial charge on any atom is 0.243 e. The van der Waals surface area contributed by atoms with Crippen LogP contribution < -0.4 is 10.5 Å². The first-order valence-corrected chi connectivity index (χ1v) is 7.09. The van der Waals surface area contributed by atoms with Crippen molar-refractivity contribution < 1.29 is 4.74 Å². The van der Waals surface area contributed by atoms with Crippen LogP contribution in [0.4, 0.5) is 0 Å². The second-order valence-electron chi connectivity index (χ2n) is 3.83. The van der Waals surface area contributed by atoms with E-state index in [1.807, 2.05) is 16.0 Å². The Kier molecular flexibility index (Phi) is 3.36. The molecule has 0 bridgehead atoms. The third-order valence-electron chi connectivity index (χ3n) is 2.57. The first-order chi connectivity index (χ1) is 9.17. The Morgan fingerprint density at radius 2 is 2.00 bits per heavy atom. The number of ether oxygens (including phenoxy) is 1. The van der Waals surface area contributed by atoms with E-state index in [-0.39, 0.29) is 0 Å². The van der Waals surface area contributed by atoms with Gasteiger partial charge in [0.25, 0.3) is 0 Å². The van der Waals surface area contributed by atoms with Gasteiger partial charge in [0, 0.05) is 28.2 Å². The fraction of sp³-hybridized carbons (Fsp3) is 0.0833. The van der Waals surface area contributed by atoms with E-state index in [0.717, 1.165) is 10.7 Å². The second-order valence-corrected chi connectivity index (χ2v) is 5.58. The minimum atomic E-state index is 0.335. The van der Waals surface area contributed by atoms with E-state index in [1.165, 1.54) is 11.3 Å².